The minimum Gasteiger partial charge on any atom is -0.342 e. The zero-order valence-electron chi connectivity index (χ0n) is 9.55. The Kier molecular flexibility index (Phi) is 3.46. The maximum absolute atomic E-state index is 6.07. The largest absolute Gasteiger partial charge is 0.342 e. The maximum atomic E-state index is 6.07. The van der Waals surface area contributed by atoms with Crippen LogP contribution in [0.25, 0.3) is 11.0 Å². The van der Waals surface area contributed by atoms with Gasteiger partial charge < -0.3 is 10.3 Å². The van der Waals surface area contributed by atoms with Crippen LogP contribution in [0.2, 0.25) is 5.02 Å². The van der Waals surface area contributed by atoms with E-state index in [1.165, 1.54) is 0 Å². The Labute approximate surface area is 100 Å². The van der Waals surface area contributed by atoms with E-state index < -0.39 is 0 Å². The number of para-hydroxylation sites is 1. The minimum absolute atomic E-state index is 0.421. The second-order valence-corrected chi connectivity index (χ2v) is 4.39. The van der Waals surface area contributed by atoms with Crippen LogP contribution in [-0.2, 0) is 6.42 Å². The van der Waals surface area contributed by atoms with Gasteiger partial charge in [0.15, 0.2) is 0 Å². The van der Waals surface area contributed by atoms with E-state index in [-0.39, 0.29) is 0 Å². The van der Waals surface area contributed by atoms with Crippen LogP contribution in [0, 0.1) is 0 Å². The van der Waals surface area contributed by atoms with Crippen LogP contribution in [0.15, 0.2) is 18.2 Å². The number of hydrogen-bond acceptors (Lipinski definition) is 2. The average molecular weight is 238 g/mol. The first-order valence-corrected chi connectivity index (χ1v) is 5.95. The van der Waals surface area contributed by atoms with Gasteiger partial charge in [0.05, 0.1) is 10.5 Å². The Balaban J connectivity index is 2.23. The Bertz CT molecular complexity index is 478. The van der Waals surface area contributed by atoms with E-state index in [9.17, 15) is 0 Å². The van der Waals surface area contributed by atoms with Crippen molar-refractivity contribution in [2.45, 2.75) is 26.3 Å². The van der Waals surface area contributed by atoms with Gasteiger partial charge in [-0.2, -0.15) is 0 Å². The van der Waals surface area contributed by atoms with Crippen molar-refractivity contribution in [3.05, 3.63) is 29.0 Å². The standard InChI is InChI=1S/C12H16ClN3/c1-3-14-8(2)7-11-15-10-6-4-5-9(13)12(10)16-11/h4-6,8,14H,3,7H2,1-2H3,(H,15,16)/t8-/m0/s1. The third-order valence-electron chi connectivity index (χ3n) is 2.56. The number of imidazole rings is 1. The van der Waals surface area contributed by atoms with Gasteiger partial charge in [0.25, 0.3) is 0 Å². The molecule has 16 heavy (non-hydrogen) atoms. The highest BCUT2D eigenvalue weighted by atomic mass is 35.5. The smallest absolute Gasteiger partial charge is 0.108 e. The second kappa shape index (κ2) is 4.85. The third-order valence-corrected chi connectivity index (χ3v) is 2.87. The molecule has 0 radical (unpaired) electrons. The van der Waals surface area contributed by atoms with Gasteiger partial charge in [-0.05, 0) is 25.6 Å². The molecule has 0 aliphatic rings. The van der Waals surface area contributed by atoms with Crippen molar-refractivity contribution in [3.63, 3.8) is 0 Å². The summed E-state index contributed by atoms with van der Waals surface area (Å²) in [7, 11) is 0. The Morgan fingerprint density at radius 3 is 3.00 bits per heavy atom. The lowest BCUT2D eigenvalue weighted by molar-refractivity contribution is 0.555. The van der Waals surface area contributed by atoms with Crippen LogP contribution in [0.3, 0.4) is 0 Å². The zero-order chi connectivity index (χ0) is 11.5. The van der Waals surface area contributed by atoms with Crippen molar-refractivity contribution < 1.29 is 0 Å². The molecule has 2 rings (SSSR count). The fraction of sp³-hybridized carbons (Fsp3) is 0.417. The van der Waals surface area contributed by atoms with Gasteiger partial charge in [0.1, 0.15) is 11.3 Å². The molecule has 1 atom stereocenters. The molecule has 4 heteroatoms. The monoisotopic (exact) mass is 237 g/mol. The predicted octanol–water partition coefficient (Wildman–Crippen LogP) is 2.76. The molecule has 3 nitrogen and oxygen atoms in total. The SMILES string of the molecule is CCN[C@@H](C)Cc1nc2c(Cl)cccc2[nH]1. The number of benzene rings is 1. The molecule has 2 aromatic rings. The summed E-state index contributed by atoms with van der Waals surface area (Å²) in [5, 5.41) is 4.06. The molecule has 1 aromatic heterocycles. The van der Waals surface area contributed by atoms with E-state index in [1.54, 1.807) is 0 Å². The first kappa shape index (κ1) is 11.4. The van der Waals surface area contributed by atoms with Crippen LogP contribution >= 0.6 is 11.6 Å². The van der Waals surface area contributed by atoms with Crippen LogP contribution < -0.4 is 5.32 Å². The number of aromatic nitrogens is 2. The van der Waals surface area contributed by atoms with Gasteiger partial charge in [-0.3, -0.25) is 0 Å². The number of likely N-dealkylation sites (N-methyl/N-ethyl adjacent to an activating group) is 1. The fourth-order valence-electron chi connectivity index (χ4n) is 1.86. The van der Waals surface area contributed by atoms with Gasteiger partial charge >= 0.3 is 0 Å². The van der Waals surface area contributed by atoms with Crippen LogP contribution in [0.4, 0.5) is 0 Å². The fourth-order valence-corrected chi connectivity index (χ4v) is 2.07. The van der Waals surface area contributed by atoms with E-state index in [2.05, 4.69) is 29.1 Å². The van der Waals surface area contributed by atoms with Crippen molar-refractivity contribution in [1.82, 2.24) is 15.3 Å². The molecule has 2 N–H and O–H groups in total. The van der Waals surface area contributed by atoms with Crippen LogP contribution in [0.5, 0.6) is 0 Å². The van der Waals surface area contributed by atoms with Gasteiger partial charge in [-0.15, -0.1) is 0 Å². The number of fused-ring (bicyclic) bond motifs is 1. The van der Waals surface area contributed by atoms with Crippen molar-refractivity contribution in [3.8, 4) is 0 Å². The van der Waals surface area contributed by atoms with Crippen molar-refractivity contribution in [1.29, 1.82) is 0 Å². The Morgan fingerprint density at radius 2 is 2.31 bits per heavy atom. The summed E-state index contributed by atoms with van der Waals surface area (Å²) >= 11 is 6.07. The summed E-state index contributed by atoms with van der Waals surface area (Å²) in [4.78, 5) is 7.80. The molecular formula is C12H16ClN3. The molecule has 0 saturated heterocycles. The van der Waals surface area contributed by atoms with E-state index in [0.29, 0.717) is 11.1 Å². The molecule has 1 heterocycles. The molecule has 0 aliphatic heterocycles. The van der Waals surface area contributed by atoms with Gasteiger partial charge in [0.2, 0.25) is 0 Å². The van der Waals surface area contributed by atoms with E-state index in [1.807, 2.05) is 18.2 Å². The molecule has 0 aliphatic carbocycles. The summed E-state index contributed by atoms with van der Waals surface area (Å²) < 4.78 is 0. The lowest BCUT2D eigenvalue weighted by Crippen LogP contribution is -2.27. The van der Waals surface area contributed by atoms with E-state index in [4.69, 9.17) is 11.6 Å². The summed E-state index contributed by atoms with van der Waals surface area (Å²) in [5.74, 6) is 0.983. The number of hydrogen-bond donors (Lipinski definition) is 2. The highest BCUT2D eigenvalue weighted by Crippen LogP contribution is 2.21. The number of halogens is 1. The summed E-state index contributed by atoms with van der Waals surface area (Å²) in [5.41, 5.74) is 1.87. The van der Waals surface area contributed by atoms with Gasteiger partial charge in [-0.1, -0.05) is 24.6 Å². The summed E-state index contributed by atoms with van der Waals surface area (Å²) in [6, 6.07) is 6.21. The molecule has 0 amide bonds. The first-order valence-electron chi connectivity index (χ1n) is 5.57. The average Bonchev–Trinajstić information content (AvgIpc) is 2.62. The number of rotatable bonds is 4. The highest BCUT2D eigenvalue weighted by Gasteiger charge is 2.08. The number of aromatic amines is 1. The topological polar surface area (TPSA) is 40.7 Å². The molecule has 0 spiro atoms. The molecule has 0 fully saturated rings. The lowest BCUT2D eigenvalue weighted by Gasteiger charge is -2.09. The molecule has 1 aromatic carbocycles. The predicted molar refractivity (Wildman–Crippen MR) is 67.9 cm³/mol. The highest BCUT2D eigenvalue weighted by molar-refractivity contribution is 6.34. The van der Waals surface area contributed by atoms with Crippen LogP contribution in [0.1, 0.15) is 19.7 Å². The van der Waals surface area contributed by atoms with Gasteiger partial charge in [-0.25, -0.2) is 4.98 Å². The lowest BCUT2D eigenvalue weighted by atomic mass is 10.2. The normalized spacial score (nSPS) is 13.2. The first-order chi connectivity index (χ1) is 7.70. The Morgan fingerprint density at radius 1 is 1.50 bits per heavy atom. The molecule has 0 bridgehead atoms. The van der Waals surface area contributed by atoms with Gasteiger partial charge in [0, 0.05) is 12.5 Å². The third kappa shape index (κ3) is 2.36. The number of nitrogens with one attached hydrogen (secondary N) is 2. The minimum atomic E-state index is 0.421. The molecule has 86 valence electrons. The molecule has 0 unspecified atom stereocenters. The van der Waals surface area contributed by atoms with Crippen molar-refractivity contribution in [2.75, 3.05) is 6.54 Å². The maximum Gasteiger partial charge on any atom is 0.108 e. The van der Waals surface area contributed by atoms with E-state index >= 15 is 0 Å². The number of nitrogens with zero attached hydrogens (tertiary/aromatic N) is 1. The summed E-state index contributed by atoms with van der Waals surface area (Å²) in [6.07, 6.45) is 0.888. The second-order valence-electron chi connectivity index (χ2n) is 3.98. The Hall–Kier alpha value is -1.06. The molecular weight excluding hydrogens is 222 g/mol. The van der Waals surface area contributed by atoms with Crippen molar-refractivity contribution in [2.24, 2.45) is 0 Å². The van der Waals surface area contributed by atoms with E-state index in [0.717, 1.165) is 29.8 Å². The number of H-pyrrole nitrogens is 1. The summed E-state index contributed by atoms with van der Waals surface area (Å²) in [6.45, 7) is 5.23. The zero-order valence-corrected chi connectivity index (χ0v) is 10.3. The quantitative estimate of drug-likeness (QED) is 0.859. The van der Waals surface area contributed by atoms with Crippen LogP contribution in [-0.4, -0.2) is 22.6 Å². The molecule has 0 saturated carbocycles. The van der Waals surface area contributed by atoms with Crippen molar-refractivity contribution >= 4 is 22.6 Å².